The third-order valence-corrected chi connectivity index (χ3v) is 2.07. The van der Waals surface area contributed by atoms with Gasteiger partial charge in [-0.1, -0.05) is 36.4 Å². The predicted molar refractivity (Wildman–Crippen MR) is 58.2 cm³/mol. The third kappa shape index (κ3) is 2.02. The number of hydrogen-bond donors (Lipinski definition) is 1. The van der Waals surface area contributed by atoms with Crippen LogP contribution in [0.1, 0.15) is 10.5 Å². The second kappa shape index (κ2) is 3.92. The number of rotatable bonds is 2. The number of carbonyl (C=O) groups excluding carboxylic acids is 1. The van der Waals surface area contributed by atoms with Gasteiger partial charge in [0.15, 0.2) is 0 Å². The Morgan fingerprint density at radius 1 is 1.00 bits per heavy atom. The van der Waals surface area contributed by atoms with E-state index in [2.05, 4.69) is 4.98 Å². The van der Waals surface area contributed by atoms with Gasteiger partial charge in [-0.05, 0) is 12.1 Å². The molecule has 0 fully saturated rings. The molecular weight excluding hydrogens is 188 g/mol. The van der Waals surface area contributed by atoms with Gasteiger partial charge in [0.05, 0.1) is 5.69 Å². The lowest BCUT2D eigenvalue weighted by atomic mass is 10.1. The molecule has 0 aliphatic carbocycles. The average Bonchev–Trinajstić information content (AvgIpc) is 2.30. The van der Waals surface area contributed by atoms with E-state index < -0.39 is 5.91 Å². The van der Waals surface area contributed by atoms with Crippen LogP contribution < -0.4 is 5.73 Å². The van der Waals surface area contributed by atoms with Crippen molar-refractivity contribution in [3.8, 4) is 11.3 Å². The van der Waals surface area contributed by atoms with E-state index in [9.17, 15) is 4.79 Å². The Bertz CT molecular complexity index is 480. The highest BCUT2D eigenvalue weighted by molar-refractivity contribution is 5.91. The van der Waals surface area contributed by atoms with E-state index in [0.29, 0.717) is 0 Å². The number of aromatic nitrogens is 1. The number of nitrogens with two attached hydrogens (primary N) is 1. The molecule has 0 radical (unpaired) electrons. The summed E-state index contributed by atoms with van der Waals surface area (Å²) in [7, 11) is 0. The van der Waals surface area contributed by atoms with E-state index >= 15 is 0 Å². The first-order valence-electron chi connectivity index (χ1n) is 4.59. The number of pyridine rings is 1. The Labute approximate surface area is 87.6 Å². The van der Waals surface area contributed by atoms with Crippen molar-refractivity contribution in [1.29, 1.82) is 0 Å². The van der Waals surface area contributed by atoms with Gasteiger partial charge >= 0.3 is 0 Å². The fourth-order valence-electron chi connectivity index (χ4n) is 1.34. The third-order valence-electron chi connectivity index (χ3n) is 2.07. The predicted octanol–water partition coefficient (Wildman–Crippen LogP) is 1.85. The van der Waals surface area contributed by atoms with Crippen molar-refractivity contribution < 1.29 is 4.79 Å². The van der Waals surface area contributed by atoms with E-state index in [1.165, 1.54) is 0 Å². The van der Waals surface area contributed by atoms with Crippen molar-refractivity contribution in [2.45, 2.75) is 0 Å². The minimum absolute atomic E-state index is 0.288. The summed E-state index contributed by atoms with van der Waals surface area (Å²) in [6.07, 6.45) is 0. The summed E-state index contributed by atoms with van der Waals surface area (Å²) in [5.41, 5.74) is 7.18. The van der Waals surface area contributed by atoms with Crippen LogP contribution in [0.3, 0.4) is 0 Å². The molecule has 0 aliphatic rings. The van der Waals surface area contributed by atoms with Crippen LogP contribution in [-0.2, 0) is 0 Å². The molecule has 3 nitrogen and oxygen atoms in total. The molecule has 0 unspecified atom stereocenters. The Hall–Kier alpha value is -2.16. The largest absolute Gasteiger partial charge is 0.364 e. The number of nitrogens with zero attached hydrogens (tertiary/aromatic N) is 1. The Morgan fingerprint density at radius 3 is 2.40 bits per heavy atom. The van der Waals surface area contributed by atoms with Gasteiger partial charge in [-0.2, -0.15) is 0 Å². The number of hydrogen-bond acceptors (Lipinski definition) is 2. The number of carbonyl (C=O) groups is 1. The lowest BCUT2D eigenvalue weighted by Gasteiger charge is -2.01. The normalized spacial score (nSPS) is 9.87. The zero-order valence-electron chi connectivity index (χ0n) is 8.05. The van der Waals surface area contributed by atoms with Gasteiger partial charge in [-0.3, -0.25) is 4.79 Å². The molecule has 74 valence electrons. The van der Waals surface area contributed by atoms with Crippen LogP contribution in [0.25, 0.3) is 11.3 Å². The van der Waals surface area contributed by atoms with Crippen LogP contribution in [0.2, 0.25) is 0 Å². The smallest absolute Gasteiger partial charge is 0.267 e. The van der Waals surface area contributed by atoms with Gasteiger partial charge in [0.25, 0.3) is 5.91 Å². The molecule has 2 rings (SSSR count). The summed E-state index contributed by atoms with van der Waals surface area (Å²) < 4.78 is 0. The number of primary amides is 1. The SMILES string of the molecule is NC(=O)c1cccc(-c2ccccc2)n1. The molecule has 0 aliphatic heterocycles. The van der Waals surface area contributed by atoms with Crippen LogP contribution in [-0.4, -0.2) is 10.9 Å². The zero-order valence-corrected chi connectivity index (χ0v) is 8.05. The van der Waals surface area contributed by atoms with Gasteiger partial charge in [-0.25, -0.2) is 4.98 Å². The molecule has 1 heterocycles. The summed E-state index contributed by atoms with van der Waals surface area (Å²) in [5.74, 6) is -0.507. The van der Waals surface area contributed by atoms with Crippen LogP contribution in [0.5, 0.6) is 0 Å². The first-order valence-corrected chi connectivity index (χ1v) is 4.59. The van der Waals surface area contributed by atoms with E-state index in [0.717, 1.165) is 11.3 Å². The lowest BCUT2D eigenvalue weighted by molar-refractivity contribution is 0.0995. The van der Waals surface area contributed by atoms with Crippen molar-refractivity contribution in [1.82, 2.24) is 4.98 Å². The van der Waals surface area contributed by atoms with E-state index in [1.807, 2.05) is 36.4 Å². The maximum atomic E-state index is 10.9. The summed E-state index contributed by atoms with van der Waals surface area (Å²) in [5, 5.41) is 0. The monoisotopic (exact) mass is 198 g/mol. The summed E-state index contributed by atoms with van der Waals surface area (Å²) >= 11 is 0. The molecule has 0 saturated carbocycles. The highest BCUT2D eigenvalue weighted by Crippen LogP contribution is 2.15. The minimum atomic E-state index is -0.507. The Kier molecular flexibility index (Phi) is 2.46. The second-order valence-electron chi connectivity index (χ2n) is 3.14. The first kappa shape index (κ1) is 9.40. The minimum Gasteiger partial charge on any atom is -0.364 e. The lowest BCUT2D eigenvalue weighted by Crippen LogP contribution is -2.12. The number of amides is 1. The molecular formula is C12H10N2O. The molecule has 1 aromatic carbocycles. The highest BCUT2D eigenvalue weighted by atomic mass is 16.1. The first-order chi connectivity index (χ1) is 7.27. The molecule has 0 bridgehead atoms. The van der Waals surface area contributed by atoms with Gasteiger partial charge in [-0.15, -0.1) is 0 Å². The molecule has 15 heavy (non-hydrogen) atoms. The number of benzene rings is 1. The molecule has 1 amide bonds. The van der Waals surface area contributed by atoms with Crippen molar-refractivity contribution in [3.05, 3.63) is 54.2 Å². The van der Waals surface area contributed by atoms with Crippen molar-refractivity contribution in [2.75, 3.05) is 0 Å². The zero-order chi connectivity index (χ0) is 10.7. The average molecular weight is 198 g/mol. The molecule has 2 aromatic rings. The second-order valence-corrected chi connectivity index (χ2v) is 3.14. The van der Waals surface area contributed by atoms with E-state index in [1.54, 1.807) is 12.1 Å². The van der Waals surface area contributed by atoms with Gasteiger partial charge < -0.3 is 5.73 Å². The van der Waals surface area contributed by atoms with E-state index in [4.69, 9.17) is 5.73 Å². The van der Waals surface area contributed by atoms with Crippen molar-refractivity contribution >= 4 is 5.91 Å². The maximum Gasteiger partial charge on any atom is 0.267 e. The summed E-state index contributed by atoms with van der Waals surface area (Å²) in [6.45, 7) is 0. The molecule has 3 heteroatoms. The molecule has 0 atom stereocenters. The van der Waals surface area contributed by atoms with Gasteiger partial charge in [0.1, 0.15) is 5.69 Å². The molecule has 0 spiro atoms. The maximum absolute atomic E-state index is 10.9. The summed E-state index contributed by atoms with van der Waals surface area (Å²) in [4.78, 5) is 15.1. The summed E-state index contributed by atoms with van der Waals surface area (Å²) in [6, 6.07) is 14.9. The van der Waals surface area contributed by atoms with E-state index in [-0.39, 0.29) is 5.69 Å². The highest BCUT2D eigenvalue weighted by Gasteiger charge is 2.03. The molecule has 0 saturated heterocycles. The van der Waals surface area contributed by atoms with Crippen LogP contribution in [0.4, 0.5) is 0 Å². The standard InChI is InChI=1S/C12H10N2O/c13-12(15)11-8-4-7-10(14-11)9-5-2-1-3-6-9/h1-8H,(H2,13,15). The van der Waals surface area contributed by atoms with Gasteiger partial charge in [0.2, 0.25) is 0 Å². The molecule has 2 N–H and O–H groups in total. The van der Waals surface area contributed by atoms with Gasteiger partial charge in [0, 0.05) is 5.56 Å². The van der Waals surface area contributed by atoms with Crippen LogP contribution in [0, 0.1) is 0 Å². The van der Waals surface area contributed by atoms with Crippen LogP contribution in [0.15, 0.2) is 48.5 Å². The Morgan fingerprint density at radius 2 is 1.73 bits per heavy atom. The van der Waals surface area contributed by atoms with Crippen molar-refractivity contribution in [3.63, 3.8) is 0 Å². The quantitative estimate of drug-likeness (QED) is 0.800. The Balaban J connectivity index is 2.46. The fourth-order valence-corrected chi connectivity index (χ4v) is 1.34. The molecule has 1 aromatic heterocycles. The van der Waals surface area contributed by atoms with Crippen LogP contribution >= 0.6 is 0 Å². The topological polar surface area (TPSA) is 56.0 Å². The van der Waals surface area contributed by atoms with Crippen molar-refractivity contribution in [2.24, 2.45) is 5.73 Å². The fraction of sp³-hybridized carbons (Fsp3) is 0.